The van der Waals surface area contributed by atoms with Crippen LogP contribution >= 0.6 is 0 Å². The summed E-state index contributed by atoms with van der Waals surface area (Å²) < 4.78 is 27.4. The molecule has 1 amide bonds. The van der Waals surface area contributed by atoms with Crippen LogP contribution in [-0.2, 0) is 11.2 Å². The predicted molar refractivity (Wildman–Crippen MR) is 121 cm³/mol. The minimum atomic E-state index is -0.638. The summed E-state index contributed by atoms with van der Waals surface area (Å²) in [6.07, 6.45) is 0.0719. The minimum absolute atomic E-state index is 0.0541. The fraction of sp³-hybridized carbons (Fsp3) is 0.120. The van der Waals surface area contributed by atoms with Crippen molar-refractivity contribution in [3.63, 3.8) is 0 Å². The maximum absolute atomic E-state index is 13.9. The molecule has 0 aliphatic carbocycles. The highest BCUT2D eigenvalue weighted by molar-refractivity contribution is 6.05. The number of para-hydroxylation sites is 1. The normalized spacial score (nSPS) is 12.0. The van der Waals surface area contributed by atoms with Gasteiger partial charge in [-0.1, -0.05) is 48.5 Å². The van der Waals surface area contributed by atoms with E-state index in [1.807, 2.05) is 12.1 Å². The topological polar surface area (TPSA) is 88.0 Å². The molecule has 1 atom stereocenters. The molecule has 32 heavy (non-hydrogen) atoms. The molecule has 0 radical (unpaired) electrons. The van der Waals surface area contributed by atoms with E-state index in [9.17, 15) is 18.4 Å². The first-order valence-corrected chi connectivity index (χ1v) is 10.1. The fourth-order valence-corrected chi connectivity index (χ4v) is 3.73. The lowest BCUT2D eigenvalue weighted by atomic mass is 9.99. The summed E-state index contributed by atoms with van der Waals surface area (Å²) in [4.78, 5) is 28.3. The molecule has 5 nitrogen and oxygen atoms in total. The van der Waals surface area contributed by atoms with Gasteiger partial charge in [-0.15, -0.1) is 0 Å². The van der Waals surface area contributed by atoms with Crippen LogP contribution in [0.25, 0.3) is 22.0 Å². The van der Waals surface area contributed by atoms with Crippen molar-refractivity contribution < 1.29 is 13.6 Å². The van der Waals surface area contributed by atoms with Crippen LogP contribution in [0.2, 0.25) is 0 Å². The number of pyridine rings is 1. The molecule has 0 spiro atoms. The van der Waals surface area contributed by atoms with E-state index < -0.39 is 23.3 Å². The van der Waals surface area contributed by atoms with Crippen molar-refractivity contribution in [3.8, 4) is 11.1 Å². The third kappa shape index (κ3) is 4.58. The number of aromatic amines is 1. The van der Waals surface area contributed by atoms with E-state index in [1.54, 1.807) is 42.5 Å². The van der Waals surface area contributed by atoms with Crippen molar-refractivity contribution in [2.75, 3.05) is 5.32 Å². The maximum atomic E-state index is 13.9. The highest BCUT2D eigenvalue weighted by atomic mass is 19.1. The van der Waals surface area contributed by atoms with Crippen LogP contribution in [0.1, 0.15) is 12.0 Å². The summed E-state index contributed by atoms with van der Waals surface area (Å²) >= 11 is 0. The zero-order chi connectivity index (χ0) is 22.7. The van der Waals surface area contributed by atoms with Gasteiger partial charge in [-0.25, -0.2) is 8.78 Å². The summed E-state index contributed by atoms with van der Waals surface area (Å²) in [7, 11) is 0. The first kappa shape index (κ1) is 21.4. The second-order valence-corrected chi connectivity index (χ2v) is 7.56. The van der Waals surface area contributed by atoms with E-state index in [0.717, 1.165) is 0 Å². The first-order valence-electron chi connectivity index (χ1n) is 10.1. The number of nitrogens with two attached hydrogens (primary N) is 1. The van der Waals surface area contributed by atoms with Crippen molar-refractivity contribution >= 4 is 22.5 Å². The molecule has 0 saturated carbocycles. The molecule has 0 saturated heterocycles. The Hall–Kier alpha value is -3.84. The second kappa shape index (κ2) is 9.11. The Bertz CT molecular complexity index is 1330. The average Bonchev–Trinajstić information content (AvgIpc) is 2.76. The van der Waals surface area contributed by atoms with Crippen LogP contribution < -0.4 is 16.6 Å². The molecule has 3 aromatic carbocycles. The van der Waals surface area contributed by atoms with Gasteiger partial charge in [0.25, 0.3) is 5.56 Å². The zero-order valence-corrected chi connectivity index (χ0v) is 17.1. The van der Waals surface area contributed by atoms with E-state index in [2.05, 4.69) is 10.3 Å². The van der Waals surface area contributed by atoms with Crippen molar-refractivity contribution in [2.24, 2.45) is 5.73 Å². The van der Waals surface area contributed by atoms with E-state index in [1.165, 1.54) is 18.2 Å². The number of hydrogen-bond acceptors (Lipinski definition) is 3. The van der Waals surface area contributed by atoms with Crippen LogP contribution in [0.15, 0.2) is 77.6 Å². The number of anilines is 1. The third-order valence-electron chi connectivity index (χ3n) is 5.21. The monoisotopic (exact) mass is 433 g/mol. The van der Waals surface area contributed by atoms with Crippen molar-refractivity contribution in [2.45, 2.75) is 18.9 Å². The molecule has 162 valence electrons. The van der Waals surface area contributed by atoms with Crippen LogP contribution in [0, 0.1) is 11.6 Å². The van der Waals surface area contributed by atoms with Gasteiger partial charge in [0, 0.05) is 28.9 Å². The summed E-state index contributed by atoms with van der Waals surface area (Å²) in [5.41, 5.74) is 7.71. The van der Waals surface area contributed by atoms with Crippen LogP contribution in [-0.4, -0.2) is 16.9 Å². The average molecular weight is 433 g/mol. The number of aromatic nitrogens is 1. The molecule has 1 heterocycles. The number of nitrogens with one attached hydrogen (secondary N) is 2. The summed E-state index contributed by atoms with van der Waals surface area (Å²) in [6.45, 7) is 0. The number of carbonyl (C=O) groups is 1. The van der Waals surface area contributed by atoms with Crippen molar-refractivity contribution in [3.05, 3.63) is 100 Å². The standard InChI is InChI=1S/C25H21F2N3O2/c26-17-11-9-15(10-12-17)23-19-6-2-4-8-21(19)29-25(32)24(23)30-22(31)14-18(28)13-16-5-1-3-7-20(16)27/h1-12,18H,13-14,28H2,(H,29,32)(H,30,31). The lowest BCUT2D eigenvalue weighted by molar-refractivity contribution is -0.116. The van der Waals surface area contributed by atoms with Gasteiger partial charge in [0.2, 0.25) is 5.91 Å². The molecule has 0 aliphatic rings. The lowest BCUT2D eigenvalue weighted by Gasteiger charge is -2.16. The first-order chi connectivity index (χ1) is 15.4. The van der Waals surface area contributed by atoms with Crippen LogP contribution in [0.3, 0.4) is 0 Å². The Morgan fingerprint density at radius 3 is 2.41 bits per heavy atom. The van der Waals surface area contributed by atoms with E-state index in [0.29, 0.717) is 27.6 Å². The third-order valence-corrected chi connectivity index (χ3v) is 5.21. The summed E-state index contributed by atoms with van der Waals surface area (Å²) in [5.74, 6) is -1.27. The van der Waals surface area contributed by atoms with Gasteiger partial charge in [-0.2, -0.15) is 0 Å². The smallest absolute Gasteiger partial charge is 0.272 e. The van der Waals surface area contributed by atoms with Crippen molar-refractivity contribution in [1.82, 2.24) is 4.98 Å². The number of benzene rings is 3. The number of halogens is 2. The summed E-state index contributed by atoms with van der Waals surface area (Å²) in [5, 5.41) is 3.36. The van der Waals surface area contributed by atoms with Gasteiger partial charge in [-0.05, 0) is 41.8 Å². The van der Waals surface area contributed by atoms with Gasteiger partial charge < -0.3 is 16.0 Å². The lowest BCUT2D eigenvalue weighted by Crippen LogP contribution is -2.31. The number of amides is 1. The Morgan fingerprint density at radius 2 is 1.66 bits per heavy atom. The van der Waals surface area contributed by atoms with Gasteiger partial charge in [-0.3, -0.25) is 9.59 Å². The summed E-state index contributed by atoms with van der Waals surface area (Å²) in [6, 6.07) is 18.4. The fourth-order valence-electron chi connectivity index (χ4n) is 3.73. The SMILES string of the molecule is NC(CC(=O)Nc1c(-c2ccc(F)cc2)c2ccccc2[nH]c1=O)Cc1ccccc1F. The highest BCUT2D eigenvalue weighted by Gasteiger charge is 2.19. The second-order valence-electron chi connectivity index (χ2n) is 7.56. The Balaban J connectivity index is 1.65. The zero-order valence-electron chi connectivity index (χ0n) is 17.1. The number of fused-ring (bicyclic) bond motifs is 1. The van der Waals surface area contributed by atoms with Crippen LogP contribution in [0.5, 0.6) is 0 Å². The molecule has 0 aliphatic heterocycles. The molecule has 7 heteroatoms. The number of hydrogen-bond donors (Lipinski definition) is 3. The van der Waals surface area contributed by atoms with Gasteiger partial charge in [0.05, 0.1) is 0 Å². The molecule has 0 bridgehead atoms. The predicted octanol–water partition coefficient (Wildman–Crippen LogP) is 4.37. The molecule has 4 aromatic rings. The quantitative estimate of drug-likeness (QED) is 0.422. The van der Waals surface area contributed by atoms with Crippen LogP contribution in [0.4, 0.5) is 14.5 Å². The Kier molecular flexibility index (Phi) is 6.09. The van der Waals surface area contributed by atoms with Gasteiger partial charge in [0.15, 0.2) is 0 Å². The Morgan fingerprint density at radius 1 is 0.969 bits per heavy atom. The van der Waals surface area contributed by atoms with Gasteiger partial charge in [0.1, 0.15) is 17.3 Å². The molecule has 1 unspecified atom stereocenters. The number of rotatable bonds is 6. The molecule has 4 N–H and O–H groups in total. The van der Waals surface area contributed by atoms with E-state index >= 15 is 0 Å². The molecule has 1 aromatic heterocycles. The highest BCUT2D eigenvalue weighted by Crippen LogP contribution is 2.32. The number of H-pyrrole nitrogens is 1. The maximum Gasteiger partial charge on any atom is 0.272 e. The van der Waals surface area contributed by atoms with Gasteiger partial charge >= 0.3 is 0 Å². The van der Waals surface area contributed by atoms with Crippen molar-refractivity contribution in [1.29, 1.82) is 0 Å². The van der Waals surface area contributed by atoms with E-state index in [4.69, 9.17) is 5.73 Å². The minimum Gasteiger partial charge on any atom is -0.327 e. The van der Waals surface area contributed by atoms with E-state index in [-0.39, 0.29) is 24.3 Å². The molecule has 4 rings (SSSR count). The Labute approximate surface area is 182 Å². The molecular weight excluding hydrogens is 412 g/mol. The largest absolute Gasteiger partial charge is 0.327 e. The molecule has 0 fully saturated rings. The number of carbonyl (C=O) groups excluding carboxylic acids is 1. The molecular formula is C25H21F2N3O2.